The van der Waals surface area contributed by atoms with Gasteiger partial charge in [0.1, 0.15) is 0 Å². The summed E-state index contributed by atoms with van der Waals surface area (Å²) in [6.45, 7) is 21.8. The Bertz CT molecular complexity index is 380. The minimum atomic E-state index is 0.316. The van der Waals surface area contributed by atoms with E-state index in [0.717, 1.165) is 6.04 Å². The third kappa shape index (κ3) is 5.98. The Hall–Kier alpha value is -0.160. The quantitative estimate of drug-likeness (QED) is 0.737. The summed E-state index contributed by atoms with van der Waals surface area (Å²) < 4.78 is 0. The molecule has 0 saturated carbocycles. The topological polar surface area (TPSA) is 13.0 Å². The Morgan fingerprint density at radius 1 is 0.958 bits per heavy atom. The molecular weight excluding hydrogens is 296 g/mol. The van der Waals surface area contributed by atoms with Crippen molar-refractivity contribution in [3.05, 3.63) is 0 Å². The predicted molar refractivity (Wildman–Crippen MR) is 105 cm³/mol. The van der Waals surface area contributed by atoms with Crippen molar-refractivity contribution in [3.63, 3.8) is 0 Å². The van der Waals surface area contributed by atoms with Gasteiger partial charge in [-0.25, -0.2) is 0 Å². The maximum absolute atomic E-state index is 2.66. The molecule has 0 spiro atoms. The number of nitrogens with zero attached hydrogens (tertiary/aromatic N) is 4. The molecule has 2 fully saturated rings. The van der Waals surface area contributed by atoms with E-state index in [0.29, 0.717) is 11.0 Å². The van der Waals surface area contributed by atoms with E-state index >= 15 is 0 Å². The summed E-state index contributed by atoms with van der Waals surface area (Å²) in [6.07, 6.45) is 2.62. The molecular formula is C20H42N4. The average molecular weight is 339 g/mol. The summed E-state index contributed by atoms with van der Waals surface area (Å²) in [4.78, 5) is 10.4. The number of likely N-dealkylation sites (N-methyl/N-ethyl adjacent to an activating group) is 2. The smallest absolute Gasteiger partial charge is 0.0232 e. The second-order valence-electron chi connectivity index (χ2n) is 10.0. The Balaban J connectivity index is 1.73. The minimum absolute atomic E-state index is 0.316. The van der Waals surface area contributed by atoms with Crippen LogP contribution < -0.4 is 0 Å². The highest BCUT2D eigenvalue weighted by molar-refractivity contribution is 4.89. The monoisotopic (exact) mass is 338 g/mol. The molecule has 2 saturated heterocycles. The number of piperazine rings is 1. The van der Waals surface area contributed by atoms with Crippen LogP contribution in [0.4, 0.5) is 0 Å². The van der Waals surface area contributed by atoms with E-state index in [1.807, 2.05) is 0 Å². The van der Waals surface area contributed by atoms with Gasteiger partial charge < -0.3 is 14.7 Å². The molecule has 0 amide bonds. The van der Waals surface area contributed by atoms with Gasteiger partial charge in [-0.2, -0.15) is 0 Å². The lowest BCUT2D eigenvalue weighted by Crippen LogP contribution is -2.48. The Morgan fingerprint density at radius 3 is 2.12 bits per heavy atom. The van der Waals surface area contributed by atoms with Crippen LogP contribution >= 0.6 is 0 Å². The first kappa shape index (κ1) is 20.2. The van der Waals surface area contributed by atoms with Crippen LogP contribution in [0.25, 0.3) is 0 Å². The van der Waals surface area contributed by atoms with Gasteiger partial charge in [0.05, 0.1) is 0 Å². The van der Waals surface area contributed by atoms with Crippen molar-refractivity contribution in [1.82, 2.24) is 19.6 Å². The maximum Gasteiger partial charge on any atom is 0.0232 e. The van der Waals surface area contributed by atoms with Gasteiger partial charge in [0.25, 0.3) is 0 Å². The van der Waals surface area contributed by atoms with Crippen molar-refractivity contribution in [2.75, 3.05) is 66.5 Å². The highest BCUT2D eigenvalue weighted by Gasteiger charge is 2.32. The normalized spacial score (nSPS) is 25.8. The second-order valence-corrected chi connectivity index (χ2v) is 10.0. The fourth-order valence-corrected chi connectivity index (χ4v) is 4.06. The van der Waals surface area contributed by atoms with Gasteiger partial charge in [-0.3, -0.25) is 4.90 Å². The van der Waals surface area contributed by atoms with Crippen molar-refractivity contribution in [3.8, 4) is 0 Å². The van der Waals surface area contributed by atoms with E-state index in [2.05, 4.69) is 68.3 Å². The number of hydrogen-bond donors (Lipinski definition) is 0. The summed E-state index contributed by atoms with van der Waals surface area (Å²) in [5.41, 5.74) is 0.725. The Kier molecular flexibility index (Phi) is 6.74. The molecule has 0 radical (unpaired) electrons. The number of hydrogen-bond acceptors (Lipinski definition) is 4. The molecule has 142 valence electrons. The van der Waals surface area contributed by atoms with Crippen LogP contribution in [0.5, 0.6) is 0 Å². The van der Waals surface area contributed by atoms with Crippen LogP contribution in [0, 0.1) is 5.41 Å². The molecule has 0 aromatic heterocycles. The molecule has 1 unspecified atom stereocenters. The van der Waals surface area contributed by atoms with Crippen LogP contribution in [0.1, 0.15) is 47.5 Å². The summed E-state index contributed by atoms with van der Waals surface area (Å²) in [5, 5.41) is 0. The van der Waals surface area contributed by atoms with Crippen molar-refractivity contribution in [2.45, 2.75) is 59.0 Å². The SMILES string of the molecule is CN1CCN(CC(C)(C)CCN(C)C2CCN(C(C)(C)C)C2)CC1. The van der Waals surface area contributed by atoms with Gasteiger partial charge in [-0.15, -0.1) is 0 Å². The maximum atomic E-state index is 2.66. The first-order valence-corrected chi connectivity index (χ1v) is 9.93. The molecule has 0 N–H and O–H groups in total. The van der Waals surface area contributed by atoms with E-state index in [4.69, 9.17) is 0 Å². The van der Waals surface area contributed by atoms with E-state index in [1.54, 1.807) is 0 Å². The standard InChI is InChI=1S/C20H42N4/c1-19(2,3)24-10-8-18(16-24)22(7)11-9-20(4,5)17-23-14-12-21(6)13-15-23/h18H,8-17H2,1-7H3. The molecule has 0 aromatic carbocycles. The largest absolute Gasteiger partial charge is 0.304 e. The van der Waals surface area contributed by atoms with Gasteiger partial charge in [-0.05, 0) is 59.7 Å². The van der Waals surface area contributed by atoms with E-state index in [9.17, 15) is 0 Å². The van der Waals surface area contributed by atoms with Crippen LogP contribution in [-0.4, -0.2) is 97.6 Å². The zero-order chi connectivity index (χ0) is 18.0. The molecule has 2 rings (SSSR count). The fraction of sp³-hybridized carbons (Fsp3) is 1.00. The summed E-state index contributed by atoms with van der Waals surface area (Å²) in [6, 6.07) is 0.740. The van der Waals surface area contributed by atoms with E-state index < -0.39 is 0 Å². The van der Waals surface area contributed by atoms with Crippen LogP contribution in [0.3, 0.4) is 0 Å². The molecule has 2 aliphatic rings. The van der Waals surface area contributed by atoms with Crippen molar-refractivity contribution < 1.29 is 0 Å². The molecule has 4 nitrogen and oxygen atoms in total. The predicted octanol–water partition coefficient (Wildman–Crippen LogP) is 2.45. The average Bonchev–Trinajstić information content (AvgIpc) is 2.97. The molecule has 0 aromatic rings. The van der Waals surface area contributed by atoms with E-state index in [-0.39, 0.29) is 0 Å². The lowest BCUT2D eigenvalue weighted by Gasteiger charge is -2.39. The summed E-state index contributed by atoms with van der Waals surface area (Å²) in [7, 11) is 4.57. The molecule has 4 heteroatoms. The lowest BCUT2D eigenvalue weighted by molar-refractivity contribution is 0.0959. The van der Waals surface area contributed by atoms with E-state index in [1.165, 1.54) is 65.2 Å². The summed E-state index contributed by atoms with van der Waals surface area (Å²) >= 11 is 0. The zero-order valence-electron chi connectivity index (χ0n) is 17.4. The highest BCUT2D eigenvalue weighted by Crippen LogP contribution is 2.26. The lowest BCUT2D eigenvalue weighted by atomic mass is 9.88. The van der Waals surface area contributed by atoms with Crippen LogP contribution in [0.2, 0.25) is 0 Å². The molecule has 24 heavy (non-hydrogen) atoms. The molecule has 2 heterocycles. The number of rotatable bonds is 6. The zero-order valence-corrected chi connectivity index (χ0v) is 17.4. The third-order valence-corrected chi connectivity index (χ3v) is 6.12. The van der Waals surface area contributed by atoms with Gasteiger partial charge >= 0.3 is 0 Å². The van der Waals surface area contributed by atoms with Crippen LogP contribution in [0.15, 0.2) is 0 Å². The first-order chi connectivity index (χ1) is 11.1. The Morgan fingerprint density at radius 2 is 1.58 bits per heavy atom. The molecule has 0 bridgehead atoms. The second kappa shape index (κ2) is 8.03. The molecule has 0 aliphatic carbocycles. The van der Waals surface area contributed by atoms with Crippen LogP contribution in [-0.2, 0) is 0 Å². The van der Waals surface area contributed by atoms with Gasteiger partial charge in [0, 0.05) is 57.4 Å². The van der Waals surface area contributed by atoms with Gasteiger partial charge in [-0.1, -0.05) is 13.8 Å². The summed E-state index contributed by atoms with van der Waals surface area (Å²) in [5.74, 6) is 0. The molecule has 1 atom stereocenters. The number of likely N-dealkylation sites (tertiary alicyclic amines) is 1. The van der Waals surface area contributed by atoms with Gasteiger partial charge in [0.2, 0.25) is 0 Å². The minimum Gasteiger partial charge on any atom is -0.304 e. The third-order valence-electron chi connectivity index (χ3n) is 6.12. The van der Waals surface area contributed by atoms with Crippen molar-refractivity contribution in [2.24, 2.45) is 5.41 Å². The Labute approximate surface area is 151 Å². The fourth-order valence-electron chi connectivity index (χ4n) is 4.06. The first-order valence-electron chi connectivity index (χ1n) is 9.93. The van der Waals surface area contributed by atoms with Crippen molar-refractivity contribution in [1.29, 1.82) is 0 Å². The molecule has 2 aliphatic heterocycles. The highest BCUT2D eigenvalue weighted by atomic mass is 15.3. The van der Waals surface area contributed by atoms with Gasteiger partial charge in [0.15, 0.2) is 0 Å². The van der Waals surface area contributed by atoms with Crippen molar-refractivity contribution >= 4 is 0 Å².